The molecule has 0 radical (unpaired) electrons. The fraction of sp³-hybridized carbons (Fsp3) is 0.353. The Kier molecular flexibility index (Phi) is 4.81. The first-order valence-electron chi connectivity index (χ1n) is 8.60. The third kappa shape index (κ3) is 3.40. The number of aryl methyl sites for hydroxylation is 1. The van der Waals surface area contributed by atoms with Crippen LogP contribution >= 0.6 is 11.8 Å². The van der Waals surface area contributed by atoms with E-state index in [4.69, 9.17) is 10.5 Å². The van der Waals surface area contributed by atoms with E-state index >= 15 is 0 Å². The van der Waals surface area contributed by atoms with Crippen molar-refractivity contribution in [1.29, 1.82) is 0 Å². The van der Waals surface area contributed by atoms with E-state index in [-0.39, 0.29) is 12.5 Å². The minimum absolute atomic E-state index is 0.0563. The average Bonchev–Trinajstić information content (AvgIpc) is 3.07. The van der Waals surface area contributed by atoms with Crippen LogP contribution in [0.2, 0.25) is 0 Å². The first-order chi connectivity index (χ1) is 12.7. The molecule has 0 fully saturated rings. The maximum Gasteiger partial charge on any atom is 0.262 e. The molecule has 3 heterocycles. The molecule has 8 nitrogen and oxygen atoms in total. The molecule has 0 saturated heterocycles. The lowest BCUT2D eigenvalue weighted by atomic mass is 10.1. The SMILES string of the molecule is NCCCCCc1nnc2n1NC(c1ccc3c(c1)NC(=O)CO3)=CS2. The Bertz CT molecular complexity index is 863. The number of nitrogens with two attached hydrogens (primary N) is 1. The lowest BCUT2D eigenvalue weighted by Gasteiger charge is -2.22. The van der Waals surface area contributed by atoms with Gasteiger partial charge in [-0.1, -0.05) is 18.2 Å². The molecule has 2 aliphatic heterocycles. The summed E-state index contributed by atoms with van der Waals surface area (Å²) in [5.41, 5.74) is 11.5. The monoisotopic (exact) mass is 372 g/mol. The number of thioether (sulfide) groups is 1. The third-order valence-electron chi connectivity index (χ3n) is 4.24. The van der Waals surface area contributed by atoms with Crippen LogP contribution in [0.4, 0.5) is 5.69 Å². The molecular formula is C17H20N6O2S. The number of unbranched alkanes of at least 4 members (excludes halogenated alkanes) is 2. The summed E-state index contributed by atoms with van der Waals surface area (Å²) in [4.78, 5) is 11.5. The quantitative estimate of drug-likeness (QED) is 0.665. The van der Waals surface area contributed by atoms with E-state index in [9.17, 15) is 4.79 Å². The summed E-state index contributed by atoms with van der Waals surface area (Å²) >= 11 is 1.52. The highest BCUT2D eigenvalue weighted by Crippen LogP contribution is 2.34. The molecule has 136 valence electrons. The largest absolute Gasteiger partial charge is 0.482 e. The number of benzene rings is 1. The topological polar surface area (TPSA) is 107 Å². The van der Waals surface area contributed by atoms with Gasteiger partial charge in [0.05, 0.1) is 11.4 Å². The lowest BCUT2D eigenvalue weighted by Crippen LogP contribution is -2.25. The number of carbonyl (C=O) groups is 1. The van der Waals surface area contributed by atoms with Gasteiger partial charge in [0.15, 0.2) is 12.4 Å². The van der Waals surface area contributed by atoms with Gasteiger partial charge >= 0.3 is 0 Å². The van der Waals surface area contributed by atoms with Crippen molar-refractivity contribution in [3.8, 4) is 5.75 Å². The molecule has 0 aliphatic carbocycles. The van der Waals surface area contributed by atoms with Gasteiger partial charge in [-0.05, 0) is 37.6 Å². The number of carbonyl (C=O) groups excluding carboxylic acids is 1. The predicted octanol–water partition coefficient (Wildman–Crippen LogP) is 1.93. The number of nitrogens with one attached hydrogen (secondary N) is 2. The number of amides is 1. The summed E-state index contributed by atoms with van der Waals surface area (Å²) in [5.74, 6) is 1.45. The molecule has 0 atom stereocenters. The van der Waals surface area contributed by atoms with Gasteiger partial charge in [-0.15, -0.1) is 10.2 Å². The van der Waals surface area contributed by atoms with Gasteiger partial charge in [0.2, 0.25) is 5.16 Å². The van der Waals surface area contributed by atoms with Gasteiger partial charge in [-0.2, -0.15) is 0 Å². The average molecular weight is 372 g/mol. The fourth-order valence-corrected chi connectivity index (χ4v) is 3.65. The van der Waals surface area contributed by atoms with E-state index in [0.29, 0.717) is 11.4 Å². The number of anilines is 1. The molecule has 0 unspecified atom stereocenters. The van der Waals surface area contributed by atoms with Crippen molar-refractivity contribution in [2.45, 2.75) is 30.8 Å². The van der Waals surface area contributed by atoms with Crippen molar-refractivity contribution in [1.82, 2.24) is 14.9 Å². The molecule has 2 aliphatic rings. The van der Waals surface area contributed by atoms with Gasteiger partial charge in [0, 0.05) is 17.4 Å². The van der Waals surface area contributed by atoms with Gasteiger partial charge in [0.1, 0.15) is 5.75 Å². The third-order valence-corrected chi connectivity index (χ3v) is 5.07. The van der Waals surface area contributed by atoms with Crippen LogP contribution in [0.25, 0.3) is 5.70 Å². The van der Waals surface area contributed by atoms with Crippen molar-refractivity contribution in [2.24, 2.45) is 5.73 Å². The van der Waals surface area contributed by atoms with E-state index < -0.39 is 0 Å². The van der Waals surface area contributed by atoms with E-state index in [0.717, 1.165) is 54.5 Å². The Morgan fingerprint density at radius 3 is 3.08 bits per heavy atom. The van der Waals surface area contributed by atoms with Crippen molar-refractivity contribution >= 4 is 29.1 Å². The van der Waals surface area contributed by atoms with Crippen LogP contribution in [0.15, 0.2) is 28.8 Å². The zero-order valence-corrected chi connectivity index (χ0v) is 15.0. The van der Waals surface area contributed by atoms with Crippen molar-refractivity contribution < 1.29 is 9.53 Å². The standard InChI is InChI=1S/C17H20N6O2S/c18-7-3-1-2-4-15-20-21-17-23(15)22-13(10-26-17)11-5-6-14-12(8-11)19-16(24)9-25-14/h5-6,8,10,22H,1-4,7,9,18H2,(H,19,24). The number of rotatable bonds is 6. The number of nitrogens with zero attached hydrogens (tertiary/aromatic N) is 3. The molecular weight excluding hydrogens is 352 g/mol. The Balaban J connectivity index is 1.51. The van der Waals surface area contributed by atoms with Crippen LogP contribution in [-0.2, 0) is 11.2 Å². The Morgan fingerprint density at radius 2 is 2.19 bits per heavy atom. The minimum Gasteiger partial charge on any atom is -0.482 e. The smallest absolute Gasteiger partial charge is 0.262 e. The highest BCUT2D eigenvalue weighted by molar-refractivity contribution is 8.02. The maximum atomic E-state index is 11.5. The van der Waals surface area contributed by atoms with Gasteiger partial charge in [-0.3, -0.25) is 10.2 Å². The summed E-state index contributed by atoms with van der Waals surface area (Å²) in [6, 6.07) is 5.74. The molecule has 1 aromatic heterocycles. The van der Waals surface area contributed by atoms with E-state index in [1.165, 1.54) is 11.8 Å². The van der Waals surface area contributed by atoms with E-state index in [1.807, 2.05) is 28.3 Å². The fourth-order valence-electron chi connectivity index (χ4n) is 2.90. The second-order valence-corrected chi connectivity index (χ2v) is 6.98. The number of aromatic nitrogens is 3. The Hall–Kier alpha value is -2.52. The van der Waals surface area contributed by atoms with Crippen LogP contribution in [0.5, 0.6) is 5.75 Å². The molecule has 2 aromatic rings. The van der Waals surface area contributed by atoms with Crippen molar-refractivity contribution in [3.05, 3.63) is 35.0 Å². The maximum absolute atomic E-state index is 11.5. The van der Waals surface area contributed by atoms with E-state index in [2.05, 4.69) is 20.9 Å². The second kappa shape index (κ2) is 7.38. The zero-order valence-electron chi connectivity index (χ0n) is 14.2. The number of hydrogen-bond donors (Lipinski definition) is 3. The Morgan fingerprint density at radius 1 is 1.27 bits per heavy atom. The molecule has 0 bridgehead atoms. The van der Waals surface area contributed by atoms with Crippen LogP contribution in [0, 0.1) is 0 Å². The zero-order chi connectivity index (χ0) is 17.9. The summed E-state index contributed by atoms with van der Waals surface area (Å²) in [5, 5.41) is 14.2. The lowest BCUT2D eigenvalue weighted by molar-refractivity contribution is -0.118. The highest BCUT2D eigenvalue weighted by atomic mass is 32.2. The number of hydrogen-bond acceptors (Lipinski definition) is 7. The first-order valence-corrected chi connectivity index (χ1v) is 9.48. The van der Waals surface area contributed by atoms with Crippen molar-refractivity contribution in [2.75, 3.05) is 23.9 Å². The summed E-state index contributed by atoms with van der Waals surface area (Å²) < 4.78 is 7.34. The molecule has 9 heteroatoms. The molecule has 4 N–H and O–H groups in total. The summed E-state index contributed by atoms with van der Waals surface area (Å²) in [7, 11) is 0. The molecule has 1 aromatic carbocycles. The van der Waals surface area contributed by atoms with Gasteiger partial charge < -0.3 is 15.8 Å². The van der Waals surface area contributed by atoms with Crippen LogP contribution in [0.1, 0.15) is 30.7 Å². The van der Waals surface area contributed by atoms with Crippen LogP contribution in [0.3, 0.4) is 0 Å². The molecule has 4 rings (SSSR count). The van der Waals surface area contributed by atoms with Crippen LogP contribution < -0.4 is 21.2 Å². The summed E-state index contributed by atoms with van der Waals surface area (Å²) in [6.45, 7) is 0.776. The first kappa shape index (κ1) is 16.9. The van der Waals surface area contributed by atoms with Gasteiger partial charge in [0.25, 0.3) is 5.91 Å². The molecule has 26 heavy (non-hydrogen) atoms. The van der Waals surface area contributed by atoms with E-state index in [1.54, 1.807) is 0 Å². The van der Waals surface area contributed by atoms with Crippen molar-refractivity contribution in [3.63, 3.8) is 0 Å². The van der Waals surface area contributed by atoms with Crippen LogP contribution in [-0.4, -0.2) is 33.9 Å². The Labute approximate surface area is 155 Å². The minimum atomic E-state index is -0.143. The molecule has 0 spiro atoms. The number of ether oxygens (including phenoxy) is 1. The molecule has 1 amide bonds. The number of fused-ring (bicyclic) bond motifs is 2. The summed E-state index contributed by atoms with van der Waals surface area (Å²) in [6.07, 6.45) is 3.99. The second-order valence-electron chi connectivity index (χ2n) is 6.14. The normalized spacial score (nSPS) is 15.3. The predicted molar refractivity (Wildman–Crippen MR) is 100 cm³/mol. The molecule has 0 saturated carbocycles. The van der Waals surface area contributed by atoms with Gasteiger partial charge in [-0.25, -0.2) is 4.68 Å². The highest BCUT2D eigenvalue weighted by Gasteiger charge is 2.21.